The largest absolute Gasteiger partial charge is 0.495 e. The number of hydrogen-bond acceptors (Lipinski definition) is 3. The molecule has 1 unspecified atom stereocenters. The monoisotopic (exact) mass is 267 g/mol. The first-order chi connectivity index (χ1) is 8.61. The van der Waals surface area contributed by atoms with Gasteiger partial charge in [-0.3, -0.25) is 9.69 Å². The summed E-state index contributed by atoms with van der Waals surface area (Å²) in [5, 5.41) is 0.484. The van der Waals surface area contributed by atoms with Crippen molar-refractivity contribution < 1.29 is 9.53 Å². The Labute approximate surface area is 113 Å². The molecule has 1 saturated heterocycles. The van der Waals surface area contributed by atoms with Crippen molar-refractivity contribution in [2.75, 3.05) is 20.2 Å². The lowest BCUT2D eigenvalue weighted by Crippen LogP contribution is -2.32. The van der Waals surface area contributed by atoms with Crippen LogP contribution in [0.5, 0.6) is 5.75 Å². The summed E-state index contributed by atoms with van der Waals surface area (Å²) >= 11 is 6.03. The molecule has 1 aromatic rings. The van der Waals surface area contributed by atoms with E-state index in [0.29, 0.717) is 28.9 Å². The maximum atomic E-state index is 12.2. The Hall–Kier alpha value is -1.06. The molecule has 0 N–H and O–H groups in total. The van der Waals surface area contributed by atoms with Crippen molar-refractivity contribution in [3.8, 4) is 5.75 Å². The van der Waals surface area contributed by atoms with Crippen LogP contribution in [0.15, 0.2) is 18.2 Å². The quantitative estimate of drug-likeness (QED) is 0.786. The fourth-order valence-corrected chi connectivity index (χ4v) is 2.60. The highest BCUT2D eigenvalue weighted by Crippen LogP contribution is 2.25. The number of halogens is 1. The van der Waals surface area contributed by atoms with E-state index in [-0.39, 0.29) is 5.78 Å². The second kappa shape index (κ2) is 5.72. The van der Waals surface area contributed by atoms with Gasteiger partial charge in [-0.05, 0) is 44.5 Å². The lowest BCUT2D eigenvalue weighted by Gasteiger charge is -2.19. The minimum atomic E-state index is 0.119. The minimum absolute atomic E-state index is 0.119. The molecule has 0 spiro atoms. The van der Waals surface area contributed by atoms with Gasteiger partial charge in [-0.15, -0.1) is 0 Å². The third kappa shape index (κ3) is 2.85. The van der Waals surface area contributed by atoms with Crippen molar-refractivity contribution >= 4 is 17.4 Å². The molecule has 0 saturated carbocycles. The van der Waals surface area contributed by atoms with Crippen LogP contribution in [0.25, 0.3) is 0 Å². The topological polar surface area (TPSA) is 29.5 Å². The number of Topliss-reactive ketones (excluding diaryl/α,β-unsaturated/α-hetero) is 1. The van der Waals surface area contributed by atoms with E-state index in [4.69, 9.17) is 16.3 Å². The first-order valence-electron chi connectivity index (χ1n) is 6.22. The number of carbonyl (C=O) groups excluding carboxylic acids is 1. The normalized spacial score (nSPS) is 20.1. The molecule has 4 heteroatoms. The Bertz CT molecular complexity index is 447. The number of ether oxygens (including phenoxy) is 1. The van der Waals surface area contributed by atoms with Crippen LogP contribution in [0.2, 0.25) is 5.02 Å². The third-order valence-electron chi connectivity index (χ3n) is 3.51. The first-order valence-corrected chi connectivity index (χ1v) is 6.60. The lowest BCUT2D eigenvalue weighted by atomic mass is 10.1. The average molecular weight is 268 g/mol. The van der Waals surface area contributed by atoms with Crippen LogP contribution in [0.3, 0.4) is 0 Å². The van der Waals surface area contributed by atoms with Gasteiger partial charge in [0.1, 0.15) is 5.75 Å². The van der Waals surface area contributed by atoms with Gasteiger partial charge in [0.2, 0.25) is 0 Å². The van der Waals surface area contributed by atoms with E-state index in [9.17, 15) is 4.79 Å². The molecule has 0 radical (unpaired) electrons. The van der Waals surface area contributed by atoms with Gasteiger partial charge in [0.25, 0.3) is 0 Å². The summed E-state index contributed by atoms with van der Waals surface area (Å²) in [4.78, 5) is 14.4. The molecule has 0 aliphatic carbocycles. The molecule has 2 rings (SSSR count). The maximum absolute atomic E-state index is 12.2. The van der Waals surface area contributed by atoms with Crippen molar-refractivity contribution in [3.05, 3.63) is 28.8 Å². The molecule has 1 heterocycles. The van der Waals surface area contributed by atoms with Gasteiger partial charge >= 0.3 is 0 Å². The molecule has 98 valence electrons. The highest BCUT2D eigenvalue weighted by atomic mass is 35.5. The molecule has 0 amide bonds. The molecular weight excluding hydrogens is 250 g/mol. The van der Waals surface area contributed by atoms with Crippen LogP contribution in [-0.2, 0) is 0 Å². The van der Waals surface area contributed by atoms with E-state index in [1.165, 1.54) is 12.8 Å². The highest BCUT2D eigenvalue weighted by Gasteiger charge is 2.23. The van der Waals surface area contributed by atoms with Gasteiger partial charge in [-0.2, -0.15) is 0 Å². The van der Waals surface area contributed by atoms with Gasteiger partial charge in [0.15, 0.2) is 5.78 Å². The molecule has 1 aliphatic rings. The second-order valence-electron chi connectivity index (χ2n) is 4.73. The molecule has 0 aromatic heterocycles. The van der Waals surface area contributed by atoms with Crippen LogP contribution in [0, 0.1) is 0 Å². The Balaban J connectivity index is 2.07. The molecule has 3 nitrogen and oxygen atoms in total. The van der Waals surface area contributed by atoms with E-state index in [2.05, 4.69) is 11.8 Å². The van der Waals surface area contributed by atoms with Crippen LogP contribution in [-0.4, -0.2) is 36.9 Å². The average Bonchev–Trinajstić information content (AvgIpc) is 2.75. The van der Waals surface area contributed by atoms with Gasteiger partial charge in [-0.25, -0.2) is 0 Å². The molecule has 1 aliphatic heterocycles. The van der Waals surface area contributed by atoms with Gasteiger partial charge < -0.3 is 4.74 Å². The van der Waals surface area contributed by atoms with Crippen LogP contribution >= 0.6 is 11.6 Å². The zero-order valence-corrected chi connectivity index (χ0v) is 11.5. The molecule has 1 aromatic carbocycles. The summed E-state index contributed by atoms with van der Waals surface area (Å²) < 4.78 is 5.08. The number of hydrogen-bond donors (Lipinski definition) is 0. The third-order valence-corrected chi connectivity index (χ3v) is 3.81. The Morgan fingerprint density at radius 2 is 2.33 bits per heavy atom. The first kappa shape index (κ1) is 13.4. The standard InChI is InChI=1S/C14H18ClNO2/c1-10-4-3-7-16(10)9-13(17)11-5-6-14(18-2)12(15)8-11/h5-6,8,10H,3-4,7,9H2,1-2H3. The number of methoxy groups -OCH3 is 1. The second-order valence-corrected chi connectivity index (χ2v) is 5.14. The van der Waals surface area contributed by atoms with E-state index in [0.717, 1.165) is 6.54 Å². The van der Waals surface area contributed by atoms with Gasteiger partial charge in [-0.1, -0.05) is 11.6 Å². The minimum Gasteiger partial charge on any atom is -0.495 e. The molecule has 1 atom stereocenters. The van der Waals surface area contributed by atoms with Crippen LogP contribution < -0.4 is 4.74 Å². The fourth-order valence-electron chi connectivity index (χ4n) is 2.34. The van der Waals surface area contributed by atoms with Gasteiger partial charge in [0, 0.05) is 11.6 Å². The molecular formula is C14H18ClNO2. The Kier molecular flexibility index (Phi) is 4.25. The van der Waals surface area contributed by atoms with Gasteiger partial charge in [0.05, 0.1) is 18.7 Å². The number of carbonyl (C=O) groups is 1. The van der Waals surface area contributed by atoms with Crippen molar-refractivity contribution in [1.82, 2.24) is 4.90 Å². The zero-order valence-electron chi connectivity index (χ0n) is 10.8. The Morgan fingerprint density at radius 1 is 1.56 bits per heavy atom. The summed E-state index contributed by atoms with van der Waals surface area (Å²) in [7, 11) is 1.56. The highest BCUT2D eigenvalue weighted by molar-refractivity contribution is 6.32. The number of rotatable bonds is 4. The van der Waals surface area contributed by atoms with Crippen molar-refractivity contribution in [2.45, 2.75) is 25.8 Å². The summed E-state index contributed by atoms with van der Waals surface area (Å²) in [6.45, 7) is 3.65. The van der Waals surface area contributed by atoms with Crippen molar-refractivity contribution in [3.63, 3.8) is 0 Å². The summed E-state index contributed by atoms with van der Waals surface area (Å²) in [6.07, 6.45) is 2.36. The summed E-state index contributed by atoms with van der Waals surface area (Å²) in [5.41, 5.74) is 0.653. The molecule has 0 bridgehead atoms. The Morgan fingerprint density at radius 3 is 2.89 bits per heavy atom. The summed E-state index contributed by atoms with van der Waals surface area (Å²) in [5.74, 6) is 0.719. The van der Waals surface area contributed by atoms with Crippen LogP contribution in [0.4, 0.5) is 0 Å². The lowest BCUT2D eigenvalue weighted by molar-refractivity contribution is 0.0926. The predicted molar refractivity (Wildman–Crippen MR) is 72.6 cm³/mol. The number of benzene rings is 1. The summed E-state index contributed by atoms with van der Waals surface area (Å²) in [6, 6.07) is 5.70. The van der Waals surface area contributed by atoms with Crippen LogP contribution in [0.1, 0.15) is 30.1 Å². The smallest absolute Gasteiger partial charge is 0.176 e. The van der Waals surface area contributed by atoms with E-state index in [1.54, 1.807) is 25.3 Å². The van der Waals surface area contributed by atoms with E-state index < -0.39 is 0 Å². The predicted octanol–water partition coefficient (Wildman–Crippen LogP) is 3.02. The number of ketones is 1. The fraction of sp³-hybridized carbons (Fsp3) is 0.500. The molecule has 1 fully saturated rings. The van der Waals surface area contributed by atoms with E-state index >= 15 is 0 Å². The van der Waals surface area contributed by atoms with Crippen molar-refractivity contribution in [2.24, 2.45) is 0 Å². The van der Waals surface area contributed by atoms with E-state index in [1.807, 2.05) is 0 Å². The van der Waals surface area contributed by atoms with Crippen molar-refractivity contribution in [1.29, 1.82) is 0 Å². The zero-order chi connectivity index (χ0) is 13.1. The SMILES string of the molecule is COc1ccc(C(=O)CN2CCCC2C)cc1Cl. The number of nitrogens with zero attached hydrogens (tertiary/aromatic N) is 1. The maximum Gasteiger partial charge on any atom is 0.176 e. The molecule has 18 heavy (non-hydrogen) atoms. The number of likely N-dealkylation sites (tertiary alicyclic amines) is 1.